The van der Waals surface area contributed by atoms with Crippen LogP contribution in [-0.4, -0.2) is 30.2 Å². The molecule has 0 saturated heterocycles. The van der Waals surface area contributed by atoms with Crippen molar-refractivity contribution in [3.63, 3.8) is 0 Å². The third-order valence-corrected chi connectivity index (χ3v) is 3.02. The number of halogens is 2. The number of hydrogen-bond acceptors (Lipinski definition) is 0. The van der Waals surface area contributed by atoms with Crippen molar-refractivity contribution in [2.45, 2.75) is 13.5 Å². The van der Waals surface area contributed by atoms with Crippen LogP contribution in [0.2, 0.25) is 0 Å². The van der Waals surface area contributed by atoms with Gasteiger partial charge in [-0.1, -0.05) is 6.07 Å². The summed E-state index contributed by atoms with van der Waals surface area (Å²) in [7, 11) is 8.80. The average Bonchev–Trinajstić information content (AvgIpc) is 2.43. The molecule has 0 amide bonds. The van der Waals surface area contributed by atoms with Crippen LogP contribution < -0.4 is 52.4 Å². The molecular weight excluding hydrogens is 452 g/mol. The lowest BCUT2D eigenvalue weighted by atomic mass is 10.3. The Morgan fingerprint density at radius 3 is 2.33 bits per heavy atom. The van der Waals surface area contributed by atoms with Gasteiger partial charge in [-0.25, -0.2) is 4.57 Å². The van der Waals surface area contributed by atoms with Gasteiger partial charge in [-0.2, -0.15) is 4.40 Å². The Morgan fingerprint density at radius 2 is 1.78 bits per heavy atom. The molecule has 0 atom stereocenters. The van der Waals surface area contributed by atoms with Crippen LogP contribution >= 0.6 is 0 Å². The molecule has 0 aliphatic heterocycles. The lowest BCUT2D eigenvalue weighted by Gasteiger charge is -2.22. The van der Waals surface area contributed by atoms with Gasteiger partial charge in [-0.3, -0.25) is 0 Å². The van der Waals surface area contributed by atoms with Crippen molar-refractivity contribution in [3.8, 4) is 0 Å². The van der Waals surface area contributed by atoms with Crippen LogP contribution in [0, 0.1) is 6.92 Å². The fourth-order valence-corrected chi connectivity index (χ4v) is 2.12. The van der Waals surface area contributed by atoms with Crippen molar-refractivity contribution in [1.82, 2.24) is 4.57 Å². The van der Waals surface area contributed by atoms with E-state index in [1.165, 1.54) is 17.0 Å². The fourth-order valence-electron chi connectivity index (χ4n) is 2.12. The molecule has 2 aromatic heterocycles. The lowest BCUT2D eigenvalue weighted by Crippen LogP contribution is -3.00. The SMILES string of the molecule is Cc1c(C[N+](C)(C)C)[n+]2ccccc2n1C.[I-].[I-]. The zero-order valence-electron chi connectivity index (χ0n) is 11.6. The molecule has 0 aliphatic carbocycles. The van der Waals surface area contributed by atoms with Crippen molar-refractivity contribution in [2.24, 2.45) is 7.05 Å². The molecule has 2 aromatic rings. The normalized spacial score (nSPS) is 10.9. The van der Waals surface area contributed by atoms with Crippen LogP contribution in [-0.2, 0) is 13.6 Å². The molecule has 5 heteroatoms. The predicted molar refractivity (Wildman–Crippen MR) is 65.0 cm³/mol. The number of nitrogens with zero attached hydrogens (tertiary/aromatic N) is 3. The van der Waals surface area contributed by atoms with Crippen LogP contribution in [0.25, 0.3) is 5.65 Å². The molecule has 0 spiro atoms. The molecule has 0 bridgehead atoms. The second-order valence-electron chi connectivity index (χ2n) is 5.47. The maximum Gasteiger partial charge on any atom is 0.286 e. The first-order valence-electron chi connectivity index (χ1n) is 5.65. The Balaban J connectivity index is 0.00000144. The minimum atomic E-state index is 0. The van der Waals surface area contributed by atoms with Gasteiger partial charge in [-0.05, 0) is 6.07 Å². The quantitative estimate of drug-likeness (QED) is 0.236. The second-order valence-corrected chi connectivity index (χ2v) is 5.47. The molecule has 0 unspecified atom stereocenters. The number of pyridine rings is 1. The average molecular weight is 473 g/mol. The first-order chi connectivity index (χ1) is 7.40. The van der Waals surface area contributed by atoms with Gasteiger partial charge in [0.15, 0.2) is 0 Å². The summed E-state index contributed by atoms with van der Waals surface area (Å²) < 4.78 is 5.49. The van der Waals surface area contributed by atoms with Gasteiger partial charge in [0.1, 0.15) is 12.2 Å². The molecule has 2 rings (SSSR count). The summed E-state index contributed by atoms with van der Waals surface area (Å²) in [4.78, 5) is 0. The molecule has 0 fully saturated rings. The van der Waals surface area contributed by atoms with E-state index in [4.69, 9.17) is 0 Å². The topological polar surface area (TPSA) is 9.03 Å². The molecule has 102 valence electrons. The fraction of sp³-hybridized carbons (Fsp3) is 0.462. The van der Waals surface area contributed by atoms with E-state index in [2.05, 4.69) is 68.5 Å². The maximum atomic E-state index is 2.29. The smallest absolute Gasteiger partial charge is 0.286 e. The van der Waals surface area contributed by atoms with E-state index < -0.39 is 0 Å². The van der Waals surface area contributed by atoms with E-state index in [1.807, 2.05) is 0 Å². The van der Waals surface area contributed by atoms with Crippen molar-refractivity contribution in [3.05, 3.63) is 35.8 Å². The lowest BCUT2D eigenvalue weighted by molar-refractivity contribution is -0.889. The van der Waals surface area contributed by atoms with Gasteiger partial charge in [0, 0.05) is 13.0 Å². The predicted octanol–water partition coefficient (Wildman–Crippen LogP) is -4.71. The number of imidazole rings is 1. The molecule has 0 radical (unpaired) electrons. The summed E-state index contributed by atoms with van der Waals surface area (Å²) in [6, 6.07) is 6.34. The van der Waals surface area contributed by atoms with Gasteiger partial charge < -0.3 is 52.4 Å². The molecule has 3 nitrogen and oxygen atoms in total. The number of quaternary nitrogens is 1. The molecule has 0 N–H and O–H groups in total. The van der Waals surface area contributed by atoms with Gasteiger partial charge in [0.2, 0.25) is 5.69 Å². The minimum absolute atomic E-state index is 0. The van der Waals surface area contributed by atoms with Crippen molar-refractivity contribution in [2.75, 3.05) is 21.1 Å². The maximum absolute atomic E-state index is 2.29. The third-order valence-electron chi connectivity index (χ3n) is 3.02. The molecule has 0 aliphatic rings. The Labute approximate surface area is 143 Å². The minimum Gasteiger partial charge on any atom is -1.00 e. The van der Waals surface area contributed by atoms with Crippen LogP contribution in [0.5, 0.6) is 0 Å². The Hall–Kier alpha value is 0.110. The van der Waals surface area contributed by atoms with Crippen molar-refractivity contribution in [1.29, 1.82) is 0 Å². The second kappa shape index (κ2) is 6.51. The number of fused-ring (bicyclic) bond motifs is 1. The van der Waals surface area contributed by atoms with Crippen LogP contribution in [0.15, 0.2) is 24.4 Å². The number of rotatable bonds is 2. The van der Waals surface area contributed by atoms with Crippen LogP contribution in [0.1, 0.15) is 11.4 Å². The Kier molecular flexibility index (Phi) is 6.55. The van der Waals surface area contributed by atoms with E-state index in [0.717, 1.165) is 11.0 Å². The van der Waals surface area contributed by atoms with E-state index in [1.54, 1.807) is 0 Å². The number of hydrogen-bond donors (Lipinski definition) is 0. The Morgan fingerprint density at radius 1 is 1.17 bits per heavy atom. The third kappa shape index (κ3) is 3.57. The summed E-state index contributed by atoms with van der Waals surface area (Å²) >= 11 is 0. The summed E-state index contributed by atoms with van der Waals surface area (Å²) in [6.07, 6.45) is 2.15. The summed E-state index contributed by atoms with van der Waals surface area (Å²) in [5.41, 5.74) is 3.99. The Bertz CT molecular complexity index is 527. The van der Waals surface area contributed by atoms with Crippen molar-refractivity contribution < 1.29 is 56.8 Å². The zero-order valence-corrected chi connectivity index (χ0v) is 15.9. The standard InChI is InChI=1S/C13H21N3.2HI/c1-11-12(10-16(3,4)5)15-9-7-6-8-13(15)14(11)2;;/h6-9H,10H2,1-5H3;2*1H/q+2;;/p-2. The largest absolute Gasteiger partial charge is 1.00 e. The highest BCUT2D eigenvalue weighted by atomic mass is 127. The number of aryl methyl sites for hydroxylation is 1. The van der Waals surface area contributed by atoms with Crippen molar-refractivity contribution >= 4 is 5.65 Å². The summed E-state index contributed by atoms with van der Waals surface area (Å²) in [5, 5.41) is 0. The highest BCUT2D eigenvalue weighted by Crippen LogP contribution is 2.12. The van der Waals surface area contributed by atoms with E-state index >= 15 is 0 Å². The van der Waals surface area contributed by atoms with Gasteiger partial charge in [0.25, 0.3) is 5.65 Å². The van der Waals surface area contributed by atoms with E-state index in [9.17, 15) is 0 Å². The van der Waals surface area contributed by atoms with Crippen LogP contribution in [0.4, 0.5) is 0 Å². The summed E-state index contributed by atoms with van der Waals surface area (Å²) in [6.45, 7) is 3.23. The number of aromatic nitrogens is 2. The molecule has 2 heterocycles. The first kappa shape index (κ1) is 18.1. The molecular formula is C13H21I2N3. The van der Waals surface area contributed by atoms with Gasteiger partial charge in [-0.15, -0.1) is 0 Å². The summed E-state index contributed by atoms with van der Waals surface area (Å²) in [5.74, 6) is 0. The first-order valence-corrected chi connectivity index (χ1v) is 5.65. The van der Waals surface area contributed by atoms with E-state index in [-0.39, 0.29) is 48.0 Å². The highest BCUT2D eigenvalue weighted by Gasteiger charge is 2.24. The van der Waals surface area contributed by atoms with Crippen LogP contribution in [0.3, 0.4) is 0 Å². The van der Waals surface area contributed by atoms with Gasteiger partial charge in [0.05, 0.1) is 34.4 Å². The molecule has 0 saturated carbocycles. The van der Waals surface area contributed by atoms with Gasteiger partial charge >= 0.3 is 0 Å². The van der Waals surface area contributed by atoms with E-state index in [0.29, 0.717) is 0 Å². The molecule has 0 aromatic carbocycles. The highest BCUT2D eigenvalue weighted by molar-refractivity contribution is 5.34. The zero-order chi connectivity index (χ0) is 11.9. The molecule has 18 heavy (non-hydrogen) atoms. The monoisotopic (exact) mass is 473 g/mol.